The first-order valence-corrected chi connectivity index (χ1v) is 7.67. The van der Waals surface area contributed by atoms with E-state index in [1.165, 1.54) is 18.2 Å². The number of primary amides is 1. The molecule has 1 heterocycles. The van der Waals surface area contributed by atoms with E-state index < -0.39 is 17.8 Å². The van der Waals surface area contributed by atoms with Gasteiger partial charge in [-0.2, -0.15) is 4.98 Å². The smallest absolute Gasteiger partial charge is 0.257 e. The molecule has 6 nitrogen and oxygen atoms in total. The largest absolute Gasteiger partial charge is 0.368 e. The van der Waals surface area contributed by atoms with Gasteiger partial charge in [0.25, 0.3) is 5.89 Å². The van der Waals surface area contributed by atoms with Crippen LogP contribution >= 0.6 is 0 Å². The second-order valence-electron chi connectivity index (χ2n) is 5.66. The second kappa shape index (κ2) is 7.23. The monoisotopic (exact) mass is 340 g/mol. The molecule has 0 bridgehead atoms. The fourth-order valence-corrected chi connectivity index (χ4v) is 2.64. The van der Waals surface area contributed by atoms with Gasteiger partial charge >= 0.3 is 0 Å². The number of hydrogen-bond acceptors (Lipinski definition) is 5. The molecule has 0 aliphatic rings. The fourth-order valence-electron chi connectivity index (χ4n) is 2.64. The van der Waals surface area contributed by atoms with Crippen molar-refractivity contribution in [3.63, 3.8) is 0 Å². The van der Waals surface area contributed by atoms with E-state index in [4.69, 9.17) is 10.3 Å². The van der Waals surface area contributed by atoms with Crippen LogP contribution in [0.3, 0.4) is 0 Å². The molecular formula is C18H17FN4O2. The summed E-state index contributed by atoms with van der Waals surface area (Å²) in [5.74, 6) is -0.211. The Hall–Kier alpha value is -3.06. The average Bonchev–Trinajstić information content (AvgIpc) is 3.04. The van der Waals surface area contributed by atoms with Crippen molar-refractivity contribution in [1.29, 1.82) is 0 Å². The summed E-state index contributed by atoms with van der Waals surface area (Å²) >= 11 is 0. The lowest BCUT2D eigenvalue weighted by Crippen LogP contribution is -2.35. The number of nitrogens with two attached hydrogens (primary N) is 1. The van der Waals surface area contributed by atoms with Crippen molar-refractivity contribution in [2.45, 2.75) is 12.6 Å². The highest BCUT2D eigenvalue weighted by Gasteiger charge is 2.24. The molecule has 0 radical (unpaired) electrons. The van der Waals surface area contributed by atoms with Gasteiger partial charge < -0.3 is 10.3 Å². The highest BCUT2D eigenvalue weighted by molar-refractivity contribution is 5.81. The lowest BCUT2D eigenvalue weighted by atomic mass is 10.0. The maximum atomic E-state index is 13.5. The van der Waals surface area contributed by atoms with Crippen LogP contribution < -0.4 is 5.73 Å². The van der Waals surface area contributed by atoms with Crippen molar-refractivity contribution >= 4 is 5.91 Å². The van der Waals surface area contributed by atoms with Crippen molar-refractivity contribution in [3.05, 3.63) is 71.8 Å². The first-order chi connectivity index (χ1) is 12.0. The second-order valence-corrected chi connectivity index (χ2v) is 5.66. The quantitative estimate of drug-likeness (QED) is 0.745. The molecule has 0 fully saturated rings. The van der Waals surface area contributed by atoms with Gasteiger partial charge in [0, 0.05) is 5.56 Å². The van der Waals surface area contributed by atoms with E-state index in [1.54, 1.807) is 18.0 Å². The van der Waals surface area contributed by atoms with Gasteiger partial charge in [-0.1, -0.05) is 35.5 Å². The summed E-state index contributed by atoms with van der Waals surface area (Å²) in [7, 11) is 1.69. The molecule has 128 valence electrons. The number of likely N-dealkylation sites (N-methyl/N-ethyl adjacent to an activating group) is 1. The van der Waals surface area contributed by atoms with Crippen LogP contribution in [-0.4, -0.2) is 28.0 Å². The molecule has 0 unspecified atom stereocenters. The molecule has 7 heteroatoms. The summed E-state index contributed by atoms with van der Waals surface area (Å²) in [6.07, 6.45) is 0. The zero-order chi connectivity index (χ0) is 17.8. The van der Waals surface area contributed by atoms with E-state index in [-0.39, 0.29) is 6.54 Å². The van der Waals surface area contributed by atoms with Gasteiger partial charge in [-0.05, 0) is 36.9 Å². The molecule has 3 rings (SSSR count). The molecule has 0 aliphatic heterocycles. The lowest BCUT2D eigenvalue weighted by Gasteiger charge is -2.24. The topological polar surface area (TPSA) is 85.2 Å². The zero-order valence-corrected chi connectivity index (χ0v) is 13.6. The SMILES string of the molecule is CN(Cc1noc(-c2ccccc2)n1)[C@@H](C(N)=O)c1cccc(F)c1. The van der Waals surface area contributed by atoms with E-state index >= 15 is 0 Å². The number of halogens is 1. The minimum Gasteiger partial charge on any atom is -0.368 e. The maximum Gasteiger partial charge on any atom is 0.257 e. The molecule has 1 aromatic heterocycles. The summed E-state index contributed by atoms with van der Waals surface area (Å²) in [5.41, 5.74) is 6.78. The van der Waals surface area contributed by atoms with Crippen molar-refractivity contribution in [2.75, 3.05) is 7.05 Å². The molecule has 3 aromatic rings. The number of carbonyl (C=O) groups is 1. The Balaban J connectivity index is 1.79. The zero-order valence-electron chi connectivity index (χ0n) is 13.6. The summed E-state index contributed by atoms with van der Waals surface area (Å²) in [6.45, 7) is 0.223. The molecule has 25 heavy (non-hydrogen) atoms. The Kier molecular flexibility index (Phi) is 4.85. The van der Waals surface area contributed by atoms with Crippen molar-refractivity contribution < 1.29 is 13.7 Å². The third kappa shape index (κ3) is 3.89. The molecule has 1 amide bonds. The van der Waals surface area contributed by atoms with Gasteiger partial charge in [-0.25, -0.2) is 4.39 Å². The van der Waals surface area contributed by atoms with Gasteiger partial charge in [0.05, 0.1) is 6.54 Å². The summed E-state index contributed by atoms with van der Waals surface area (Å²) in [5, 5.41) is 3.93. The van der Waals surface area contributed by atoms with Crippen molar-refractivity contribution in [3.8, 4) is 11.5 Å². The lowest BCUT2D eigenvalue weighted by molar-refractivity contribution is -0.123. The fraction of sp³-hybridized carbons (Fsp3) is 0.167. The van der Waals surface area contributed by atoms with Crippen LogP contribution in [0, 0.1) is 5.82 Å². The number of amides is 1. The number of nitrogens with zero attached hydrogens (tertiary/aromatic N) is 3. The van der Waals surface area contributed by atoms with Gasteiger partial charge in [0.15, 0.2) is 5.82 Å². The molecule has 0 saturated carbocycles. The summed E-state index contributed by atoms with van der Waals surface area (Å²) in [4.78, 5) is 17.8. The standard InChI is InChI=1S/C18H17FN4O2/c1-23(16(17(20)24)13-8-5-9-14(19)10-13)11-15-21-18(25-22-15)12-6-3-2-4-7-12/h2-10,16H,11H2,1H3,(H2,20,24)/t16-/m1/s1. The van der Waals surface area contributed by atoms with E-state index in [0.717, 1.165) is 5.56 Å². The molecule has 2 aromatic carbocycles. The number of aromatic nitrogens is 2. The molecular weight excluding hydrogens is 323 g/mol. The van der Waals surface area contributed by atoms with Crippen LogP contribution in [0.5, 0.6) is 0 Å². The van der Waals surface area contributed by atoms with E-state index in [9.17, 15) is 9.18 Å². The molecule has 1 atom stereocenters. The predicted molar refractivity (Wildman–Crippen MR) is 89.5 cm³/mol. The summed E-state index contributed by atoms with van der Waals surface area (Å²) < 4.78 is 18.7. The first kappa shape index (κ1) is 16.8. The maximum absolute atomic E-state index is 13.5. The third-order valence-electron chi connectivity index (χ3n) is 3.75. The van der Waals surface area contributed by atoms with Crippen LogP contribution in [0.1, 0.15) is 17.4 Å². The van der Waals surface area contributed by atoms with Crippen LogP contribution in [-0.2, 0) is 11.3 Å². The average molecular weight is 340 g/mol. The van der Waals surface area contributed by atoms with Gasteiger partial charge in [-0.3, -0.25) is 9.69 Å². The number of hydrogen-bond donors (Lipinski definition) is 1. The van der Waals surface area contributed by atoms with Crippen molar-refractivity contribution in [1.82, 2.24) is 15.0 Å². The van der Waals surface area contributed by atoms with E-state index in [1.807, 2.05) is 30.3 Å². The number of rotatable bonds is 6. The molecule has 0 spiro atoms. The Labute approximate surface area is 144 Å². The highest BCUT2D eigenvalue weighted by atomic mass is 19.1. The number of benzene rings is 2. The predicted octanol–water partition coefficient (Wildman–Crippen LogP) is 2.53. The van der Waals surface area contributed by atoms with Gasteiger partial charge in [0.1, 0.15) is 11.9 Å². The Morgan fingerprint density at radius 2 is 2.00 bits per heavy atom. The molecule has 0 saturated heterocycles. The van der Waals surface area contributed by atoms with Gasteiger partial charge in [0.2, 0.25) is 5.91 Å². The van der Waals surface area contributed by atoms with Crippen LogP contribution in [0.2, 0.25) is 0 Å². The van der Waals surface area contributed by atoms with Crippen LogP contribution in [0.15, 0.2) is 59.1 Å². The van der Waals surface area contributed by atoms with E-state index in [2.05, 4.69) is 10.1 Å². The Morgan fingerprint density at radius 1 is 1.24 bits per heavy atom. The highest BCUT2D eigenvalue weighted by Crippen LogP contribution is 2.22. The number of carbonyl (C=O) groups excluding carboxylic acids is 1. The third-order valence-corrected chi connectivity index (χ3v) is 3.75. The molecule has 0 aliphatic carbocycles. The van der Waals surface area contributed by atoms with Crippen LogP contribution in [0.25, 0.3) is 11.5 Å². The van der Waals surface area contributed by atoms with Gasteiger partial charge in [-0.15, -0.1) is 0 Å². The normalized spacial score (nSPS) is 12.3. The minimum atomic E-state index is -0.797. The van der Waals surface area contributed by atoms with E-state index in [0.29, 0.717) is 17.3 Å². The summed E-state index contributed by atoms with van der Waals surface area (Å²) in [6, 6.07) is 14.4. The van der Waals surface area contributed by atoms with Crippen molar-refractivity contribution in [2.24, 2.45) is 5.73 Å². The minimum absolute atomic E-state index is 0.223. The molecule has 2 N–H and O–H groups in total. The first-order valence-electron chi connectivity index (χ1n) is 7.67. The Morgan fingerprint density at radius 3 is 2.68 bits per heavy atom. The Bertz CT molecular complexity index is 866. The van der Waals surface area contributed by atoms with Crippen LogP contribution in [0.4, 0.5) is 4.39 Å².